The number of aromatic nitrogens is 6. The van der Waals surface area contributed by atoms with E-state index in [0.29, 0.717) is 67.0 Å². The number of aryl methyl sites for hydroxylation is 2. The number of carbonyl (C=O) groups is 1. The second-order valence-corrected chi connectivity index (χ2v) is 10.5. The minimum atomic E-state index is -4.43. The van der Waals surface area contributed by atoms with Crippen LogP contribution in [0.3, 0.4) is 0 Å². The number of fused-ring (bicyclic) bond motifs is 1. The average molecular weight is 572 g/mol. The van der Waals surface area contributed by atoms with Crippen LogP contribution in [0.2, 0.25) is 0 Å². The summed E-state index contributed by atoms with van der Waals surface area (Å²) in [7, 11) is 1.72. The van der Waals surface area contributed by atoms with Gasteiger partial charge in [0, 0.05) is 45.2 Å². The molecule has 0 saturated carbocycles. The van der Waals surface area contributed by atoms with E-state index in [9.17, 15) is 27.6 Å². The quantitative estimate of drug-likeness (QED) is 0.331. The zero-order valence-corrected chi connectivity index (χ0v) is 23.1. The number of rotatable bonds is 9. The summed E-state index contributed by atoms with van der Waals surface area (Å²) in [5.74, 6) is 0.233. The monoisotopic (exact) mass is 571 g/mol. The number of carbonyl (C=O) groups excluding carboxylic acids is 1. The molecule has 1 saturated heterocycles. The van der Waals surface area contributed by atoms with Gasteiger partial charge in [0.15, 0.2) is 11.2 Å². The third kappa shape index (κ3) is 5.32. The summed E-state index contributed by atoms with van der Waals surface area (Å²) in [5.41, 5.74) is 0.411. The molecular formula is C28H32F3N7O3. The van der Waals surface area contributed by atoms with Gasteiger partial charge in [0.05, 0.1) is 23.4 Å². The van der Waals surface area contributed by atoms with E-state index in [1.54, 1.807) is 28.7 Å². The molecule has 218 valence electrons. The molecule has 41 heavy (non-hydrogen) atoms. The fourth-order valence-electron chi connectivity index (χ4n) is 5.55. The Hall–Kier alpha value is -4.16. The standard InChI is InChI=1S/C28H32F3N7O3/c1-4-10-36-25-23(26(40)37(11-5-2)27(36)41)35(3)24(34-25)19-15-33-38(16-19)21(18-13-22(39)32-14-18)12-17-6-8-20(9-7-17)28(29,30)31/h6-9,15-16,18,21H,4-5,10-14H2,1-3H3,(H,32,39). The molecule has 1 aliphatic rings. The van der Waals surface area contributed by atoms with Crippen molar-refractivity contribution in [3.63, 3.8) is 0 Å². The minimum Gasteiger partial charge on any atom is -0.356 e. The summed E-state index contributed by atoms with van der Waals surface area (Å²) in [6, 6.07) is 4.68. The number of nitrogens with one attached hydrogen (secondary N) is 1. The van der Waals surface area contributed by atoms with Crippen molar-refractivity contribution >= 4 is 17.1 Å². The van der Waals surface area contributed by atoms with Crippen molar-refractivity contribution in [1.29, 1.82) is 0 Å². The van der Waals surface area contributed by atoms with Crippen LogP contribution >= 0.6 is 0 Å². The van der Waals surface area contributed by atoms with Crippen LogP contribution in [0.15, 0.2) is 46.2 Å². The summed E-state index contributed by atoms with van der Waals surface area (Å²) in [6.07, 6.45) is 0.895. The molecule has 0 aliphatic carbocycles. The van der Waals surface area contributed by atoms with E-state index in [1.807, 2.05) is 13.8 Å². The molecule has 0 spiro atoms. The molecule has 1 fully saturated rings. The molecule has 2 unspecified atom stereocenters. The molecular weight excluding hydrogens is 539 g/mol. The van der Waals surface area contributed by atoms with Gasteiger partial charge in [-0.1, -0.05) is 26.0 Å². The predicted octanol–water partition coefficient (Wildman–Crippen LogP) is 3.52. The fraction of sp³-hybridized carbons (Fsp3) is 0.464. The molecule has 1 aliphatic heterocycles. The van der Waals surface area contributed by atoms with Crippen molar-refractivity contribution in [2.45, 2.75) is 64.8 Å². The Kier molecular flexibility index (Phi) is 7.62. The lowest BCUT2D eigenvalue weighted by Gasteiger charge is -2.23. The van der Waals surface area contributed by atoms with E-state index in [-0.39, 0.29) is 30.0 Å². The molecule has 4 aromatic rings. The van der Waals surface area contributed by atoms with Gasteiger partial charge >= 0.3 is 11.9 Å². The first kappa shape index (κ1) is 28.4. The third-order valence-corrected chi connectivity index (χ3v) is 7.62. The Labute approximate surface area is 233 Å². The minimum absolute atomic E-state index is 0.0904. The Balaban J connectivity index is 1.55. The van der Waals surface area contributed by atoms with Gasteiger partial charge in [-0.2, -0.15) is 18.3 Å². The first-order valence-corrected chi connectivity index (χ1v) is 13.7. The highest BCUT2D eigenvalue weighted by Gasteiger charge is 2.33. The van der Waals surface area contributed by atoms with E-state index in [2.05, 4.69) is 10.4 Å². The Morgan fingerprint density at radius 3 is 2.34 bits per heavy atom. The van der Waals surface area contributed by atoms with E-state index in [1.165, 1.54) is 21.3 Å². The van der Waals surface area contributed by atoms with Gasteiger partial charge in [0.1, 0.15) is 5.82 Å². The third-order valence-electron chi connectivity index (χ3n) is 7.62. The molecule has 0 bridgehead atoms. The molecule has 13 heteroatoms. The molecule has 10 nitrogen and oxygen atoms in total. The van der Waals surface area contributed by atoms with Crippen LogP contribution in [0, 0.1) is 5.92 Å². The lowest BCUT2D eigenvalue weighted by atomic mass is 9.92. The predicted molar refractivity (Wildman–Crippen MR) is 146 cm³/mol. The lowest BCUT2D eigenvalue weighted by molar-refractivity contribution is -0.137. The van der Waals surface area contributed by atoms with Gasteiger partial charge in [-0.25, -0.2) is 9.78 Å². The number of nitrogens with zero attached hydrogens (tertiary/aromatic N) is 6. The summed E-state index contributed by atoms with van der Waals surface area (Å²) >= 11 is 0. The number of hydrogen-bond donors (Lipinski definition) is 1. The maximum Gasteiger partial charge on any atom is 0.416 e. The van der Waals surface area contributed by atoms with Crippen LogP contribution in [0.4, 0.5) is 13.2 Å². The largest absolute Gasteiger partial charge is 0.416 e. The van der Waals surface area contributed by atoms with Crippen LogP contribution in [-0.2, 0) is 37.5 Å². The van der Waals surface area contributed by atoms with Crippen molar-refractivity contribution < 1.29 is 18.0 Å². The number of hydrogen-bond acceptors (Lipinski definition) is 5. The van der Waals surface area contributed by atoms with Gasteiger partial charge in [-0.15, -0.1) is 0 Å². The van der Waals surface area contributed by atoms with Crippen molar-refractivity contribution in [2.75, 3.05) is 6.54 Å². The highest BCUT2D eigenvalue weighted by molar-refractivity contribution is 5.78. The molecule has 3 aromatic heterocycles. The van der Waals surface area contributed by atoms with E-state index < -0.39 is 17.3 Å². The molecule has 0 radical (unpaired) electrons. The molecule has 1 aromatic carbocycles. The molecule has 4 heterocycles. The lowest BCUT2D eigenvalue weighted by Crippen LogP contribution is -2.40. The topological polar surface area (TPSA) is 109 Å². The number of alkyl halides is 3. The van der Waals surface area contributed by atoms with Gasteiger partial charge in [0.25, 0.3) is 5.56 Å². The summed E-state index contributed by atoms with van der Waals surface area (Å²) in [4.78, 5) is 43.2. The maximum absolute atomic E-state index is 13.3. The second kappa shape index (κ2) is 11.0. The Morgan fingerprint density at radius 1 is 1.05 bits per heavy atom. The van der Waals surface area contributed by atoms with E-state index >= 15 is 0 Å². The van der Waals surface area contributed by atoms with Crippen molar-refractivity contribution in [3.8, 4) is 11.4 Å². The summed E-state index contributed by atoms with van der Waals surface area (Å²) in [6.45, 7) is 4.98. The second-order valence-electron chi connectivity index (χ2n) is 10.5. The van der Waals surface area contributed by atoms with E-state index in [4.69, 9.17) is 4.98 Å². The van der Waals surface area contributed by atoms with Crippen LogP contribution in [0.5, 0.6) is 0 Å². The molecule has 1 amide bonds. The van der Waals surface area contributed by atoms with Crippen molar-refractivity contribution in [2.24, 2.45) is 13.0 Å². The molecule has 5 rings (SSSR count). The number of amides is 1. The number of benzene rings is 1. The normalized spacial score (nSPS) is 16.4. The Bertz CT molecular complexity index is 1700. The van der Waals surface area contributed by atoms with Crippen molar-refractivity contribution in [1.82, 2.24) is 33.8 Å². The summed E-state index contributed by atoms with van der Waals surface area (Å²) < 4.78 is 45.4. The number of imidazole rings is 1. The number of halogens is 3. The van der Waals surface area contributed by atoms with Crippen LogP contribution in [0.1, 0.15) is 50.3 Å². The van der Waals surface area contributed by atoms with Crippen LogP contribution in [0.25, 0.3) is 22.6 Å². The Morgan fingerprint density at radius 2 is 1.73 bits per heavy atom. The SMILES string of the molecule is CCCn1c(=O)c2c(nc(-c3cnn(C(Cc4ccc(C(F)(F)F)cc4)C4CNC(=O)C4)c3)n2C)n(CCC)c1=O. The van der Waals surface area contributed by atoms with Crippen LogP contribution in [-0.4, -0.2) is 40.9 Å². The average Bonchev–Trinajstić information content (AvgIpc) is 3.66. The zero-order valence-electron chi connectivity index (χ0n) is 23.1. The molecule has 2 atom stereocenters. The van der Waals surface area contributed by atoms with E-state index in [0.717, 1.165) is 12.1 Å². The van der Waals surface area contributed by atoms with Gasteiger partial charge in [0.2, 0.25) is 5.91 Å². The summed E-state index contributed by atoms with van der Waals surface area (Å²) in [5, 5.41) is 7.40. The van der Waals surface area contributed by atoms with Gasteiger partial charge < -0.3 is 9.88 Å². The smallest absolute Gasteiger partial charge is 0.356 e. The van der Waals surface area contributed by atoms with Crippen molar-refractivity contribution in [3.05, 3.63) is 68.6 Å². The first-order chi connectivity index (χ1) is 19.5. The molecule has 1 N–H and O–H groups in total. The highest BCUT2D eigenvalue weighted by atomic mass is 19.4. The van der Waals surface area contributed by atoms with Gasteiger partial charge in [-0.3, -0.25) is 23.4 Å². The zero-order chi connectivity index (χ0) is 29.5. The fourth-order valence-corrected chi connectivity index (χ4v) is 5.55. The highest BCUT2D eigenvalue weighted by Crippen LogP contribution is 2.32. The first-order valence-electron chi connectivity index (χ1n) is 13.7. The van der Waals surface area contributed by atoms with Gasteiger partial charge in [-0.05, 0) is 37.0 Å². The maximum atomic E-state index is 13.3. The van der Waals surface area contributed by atoms with Crippen LogP contribution < -0.4 is 16.6 Å².